The number of esters is 1. The second-order valence-corrected chi connectivity index (χ2v) is 5.18. The van der Waals surface area contributed by atoms with Gasteiger partial charge in [-0.15, -0.1) is 0 Å². The first-order valence-corrected chi connectivity index (χ1v) is 7.54. The zero-order valence-electron chi connectivity index (χ0n) is 12.6. The van der Waals surface area contributed by atoms with Gasteiger partial charge in [0.05, 0.1) is 18.7 Å². The van der Waals surface area contributed by atoms with Crippen molar-refractivity contribution >= 4 is 23.4 Å². The predicted octanol–water partition coefficient (Wildman–Crippen LogP) is 3.63. The molecule has 0 saturated heterocycles. The van der Waals surface area contributed by atoms with E-state index in [9.17, 15) is 14.7 Å². The summed E-state index contributed by atoms with van der Waals surface area (Å²) < 4.78 is 4.78. The van der Waals surface area contributed by atoms with Crippen LogP contribution in [0, 0.1) is 0 Å². The fourth-order valence-electron chi connectivity index (χ4n) is 2.04. The van der Waals surface area contributed by atoms with Gasteiger partial charge in [0.2, 0.25) is 0 Å². The second-order valence-electron chi connectivity index (χ2n) is 4.77. The Kier molecular flexibility index (Phi) is 5.71. The standard InChI is InChI=1S/C17H16ClNO4/c1-2-23-16(22)10-9-15(21)17-14(20)8-7-13(19-17)11-5-3-4-6-12(11)18/h3-8,20H,2,9-10H2,1H3. The summed E-state index contributed by atoms with van der Waals surface area (Å²) in [4.78, 5) is 27.7. The molecule has 120 valence electrons. The average Bonchev–Trinajstić information content (AvgIpc) is 2.54. The van der Waals surface area contributed by atoms with Crippen LogP contribution in [0.4, 0.5) is 0 Å². The van der Waals surface area contributed by atoms with Gasteiger partial charge in [-0.05, 0) is 25.1 Å². The summed E-state index contributed by atoms with van der Waals surface area (Å²) in [6.45, 7) is 1.96. The Morgan fingerprint density at radius 2 is 1.91 bits per heavy atom. The number of Topliss-reactive ketones (excluding diaryl/α,β-unsaturated/α-hetero) is 1. The van der Waals surface area contributed by atoms with Crippen molar-refractivity contribution in [2.45, 2.75) is 19.8 Å². The molecule has 1 aromatic carbocycles. The highest BCUT2D eigenvalue weighted by Crippen LogP contribution is 2.28. The van der Waals surface area contributed by atoms with Crippen LogP contribution in [0.15, 0.2) is 36.4 Å². The van der Waals surface area contributed by atoms with Gasteiger partial charge < -0.3 is 9.84 Å². The van der Waals surface area contributed by atoms with Crippen LogP contribution in [0.5, 0.6) is 5.75 Å². The van der Waals surface area contributed by atoms with Crippen molar-refractivity contribution < 1.29 is 19.4 Å². The van der Waals surface area contributed by atoms with Gasteiger partial charge in [-0.2, -0.15) is 0 Å². The van der Waals surface area contributed by atoms with Crippen LogP contribution < -0.4 is 0 Å². The second kappa shape index (κ2) is 7.74. The van der Waals surface area contributed by atoms with Crippen molar-refractivity contribution in [1.29, 1.82) is 0 Å². The summed E-state index contributed by atoms with van der Waals surface area (Å²) in [7, 11) is 0. The largest absolute Gasteiger partial charge is 0.506 e. The van der Waals surface area contributed by atoms with Crippen molar-refractivity contribution in [3.05, 3.63) is 47.1 Å². The first-order chi connectivity index (χ1) is 11.0. The molecule has 0 bridgehead atoms. The Morgan fingerprint density at radius 1 is 1.17 bits per heavy atom. The maximum Gasteiger partial charge on any atom is 0.306 e. The lowest BCUT2D eigenvalue weighted by molar-refractivity contribution is -0.143. The van der Waals surface area contributed by atoms with Gasteiger partial charge in [0.1, 0.15) is 11.4 Å². The van der Waals surface area contributed by atoms with E-state index in [-0.39, 0.29) is 30.9 Å². The summed E-state index contributed by atoms with van der Waals surface area (Å²) in [6, 6.07) is 10.1. The Labute approximate surface area is 138 Å². The fourth-order valence-corrected chi connectivity index (χ4v) is 2.28. The van der Waals surface area contributed by atoms with Crippen molar-refractivity contribution in [3.8, 4) is 17.0 Å². The zero-order valence-corrected chi connectivity index (χ0v) is 13.3. The molecule has 1 heterocycles. The highest BCUT2D eigenvalue weighted by atomic mass is 35.5. The molecular weight excluding hydrogens is 318 g/mol. The van der Waals surface area contributed by atoms with Gasteiger partial charge in [-0.25, -0.2) is 4.98 Å². The van der Waals surface area contributed by atoms with Crippen molar-refractivity contribution in [1.82, 2.24) is 4.98 Å². The van der Waals surface area contributed by atoms with Crippen LogP contribution in [0.1, 0.15) is 30.3 Å². The molecule has 0 radical (unpaired) electrons. The van der Waals surface area contributed by atoms with Gasteiger partial charge in [-0.1, -0.05) is 29.8 Å². The van der Waals surface area contributed by atoms with Gasteiger partial charge in [-0.3, -0.25) is 9.59 Å². The van der Waals surface area contributed by atoms with E-state index in [4.69, 9.17) is 16.3 Å². The minimum absolute atomic E-state index is 0.0515. The average molecular weight is 334 g/mol. The number of halogens is 1. The third kappa shape index (κ3) is 4.29. The lowest BCUT2D eigenvalue weighted by atomic mass is 10.1. The number of carbonyl (C=O) groups excluding carboxylic acids is 2. The van der Waals surface area contributed by atoms with E-state index in [1.807, 2.05) is 0 Å². The SMILES string of the molecule is CCOC(=O)CCC(=O)c1nc(-c2ccccc2Cl)ccc1O. The molecule has 2 rings (SSSR count). The number of nitrogens with zero attached hydrogens (tertiary/aromatic N) is 1. The van der Waals surface area contributed by atoms with Crippen molar-refractivity contribution in [3.63, 3.8) is 0 Å². The van der Waals surface area contributed by atoms with Crippen LogP contribution in [-0.4, -0.2) is 28.4 Å². The lowest BCUT2D eigenvalue weighted by Crippen LogP contribution is -2.09. The monoisotopic (exact) mass is 333 g/mol. The van der Waals surface area contributed by atoms with E-state index in [0.717, 1.165) is 0 Å². The Hall–Kier alpha value is -2.40. The highest BCUT2D eigenvalue weighted by Gasteiger charge is 2.17. The molecule has 1 aromatic heterocycles. The highest BCUT2D eigenvalue weighted by molar-refractivity contribution is 6.33. The molecule has 1 N–H and O–H groups in total. The smallest absolute Gasteiger partial charge is 0.306 e. The van der Waals surface area contributed by atoms with Gasteiger partial charge in [0.15, 0.2) is 5.78 Å². The summed E-state index contributed by atoms with van der Waals surface area (Å²) >= 11 is 6.12. The maximum absolute atomic E-state index is 12.2. The molecule has 0 spiro atoms. The number of aromatic nitrogens is 1. The Balaban J connectivity index is 2.22. The van der Waals surface area contributed by atoms with E-state index in [1.54, 1.807) is 37.3 Å². The van der Waals surface area contributed by atoms with E-state index >= 15 is 0 Å². The first kappa shape index (κ1) is 17.0. The van der Waals surface area contributed by atoms with Gasteiger partial charge in [0.25, 0.3) is 0 Å². The number of hydrogen-bond acceptors (Lipinski definition) is 5. The summed E-state index contributed by atoms with van der Waals surface area (Å²) in [5.41, 5.74) is 1.06. The first-order valence-electron chi connectivity index (χ1n) is 7.16. The van der Waals surface area contributed by atoms with Crippen molar-refractivity contribution in [2.75, 3.05) is 6.61 Å². The number of carbonyl (C=O) groups is 2. The molecule has 6 heteroatoms. The molecule has 5 nitrogen and oxygen atoms in total. The summed E-state index contributed by atoms with van der Waals surface area (Å²) in [5.74, 6) is -1.11. The molecular formula is C17H16ClNO4. The number of pyridine rings is 1. The van der Waals surface area contributed by atoms with Crippen LogP contribution in [0.25, 0.3) is 11.3 Å². The Bertz CT molecular complexity index is 730. The number of hydrogen-bond donors (Lipinski definition) is 1. The lowest BCUT2D eigenvalue weighted by Gasteiger charge is -2.08. The molecule has 0 saturated carbocycles. The fraction of sp³-hybridized carbons (Fsp3) is 0.235. The van der Waals surface area contributed by atoms with E-state index in [1.165, 1.54) is 6.07 Å². The quantitative estimate of drug-likeness (QED) is 0.645. The molecule has 0 amide bonds. The third-order valence-corrected chi connectivity index (χ3v) is 3.48. The topological polar surface area (TPSA) is 76.5 Å². The minimum atomic E-state index is -0.456. The Morgan fingerprint density at radius 3 is 2.61 bits per heavy atom. The predicted molar refractivity (Wildman–Crippen MR) is 86.5 cm³/mol. The van der Waals surface area contributed by atoms with Crippen molar-refractivity contribution in [2.24, 2.45) is 0 Å². The molecule has 23 heavy (non-hydrogen) atoms. The van der Waals surface area contributed by atoms with Crippen LogP contribution in [-0.2, 0) is 9.53 Å². The number of ether oxygens (including phenoxy) is 1. The molecule has 0 fully saturated rings. The molecule has 0 aliphatic heterocycles. The molecule has 0 atom stereocenters. The van der Waals surface area contributed by atoms with Crippen LogP contribution in [0.2, 0.25) is 5.02 Å². The third-order valence-electron chi connectivity index (χ3n) is 3.15. The van der Waals surface area contributed by atoms with Gasteiger partial charge in [0, 0.05) is 17.0 Å². The summed E-state index contributed by atoms with van der Waals surface area (Å²) in [6.07, 6.45) is -0.129. The molecule has 0 aliphatic carbocycles. The summed E-state index contributed by atoms with van der Waals surface area (Å²) in [5, 5.41) is 10.4. The van der Waals surface area contributed by atoms with E-state index in [0.29, 0.717) is 16.3 Å². The molecule has 2 aromatic rings. The normalized spacial score (nSPS) is 10.3. The maximum atomic E-state index is 12.2. The minimum Gasteiger partial charge on any atom is -0.506 e. The number of aromatic hydroxyl groups is 1. The molecule has 0 unspecified atom stereocenters. The number of rotatable bonds is 6. The number of benzene rings is 1. The van der Waals surface area contributed by atoms with Gasteiger partial charge >= 0.3 is 5.97 Å². The van der Waals surface area contributed by atoms with Crippen LogP contribution >= 0.6 is 11.6 Å². The number of ketones is 1. The zero-order chi connectivity index (χ0) is 16.8. The van der Waals surface area contributed by atoms with E-state index in [2.05, 4.69) is 4.98 Å². The molecule has 0 aliphatic rings. The van der Waals surface area contributed by atoms with E-state index < -0.39 is 11.8 Å². The van der Waals surface area contributed by atoms with Crippen LogP contribution in [0.3, 0.4) is 0 Å².